The number of carbonyl (C=O) groups excluding carboxylic acids is 2. The van der Waals surface area contributed by atoms with Crippen LogP contribution in [0.25, 0.3) is 10.9 Å². The summed E-state index contributed by atoms with van der Waals surface area (Å²) in [5.74, 6) is -1.06. The molecule has 0 unspecified atom stereocenters. The van der Waals surface area contributed by atoms with Crippen molar-refractivity contribution in [2.24, 2.45) is 0 Å². The van der Waals surface area contributed by atoms with E-state index in [-0.39, 0.29) is 23.9 Å². The molecule has 1 N–H and O–H groups in total. The average Bonchev–Trinajstić information content (AvgIpc) is 2.71. The van der Waals surface area contributed by atoms with E-state index in [2.05, 4.69) is 15.3 Å². The molecule has 3 rings (SSSR count). The molecule has 10 heteroatoms. The number of nitrogens with one attached hydrogen (secondary N) is 1. The van der Waals surface area contributed by atoms with Crippen LogP contribution in [0.4, 0.5) is 18.9 Å². The van der Waals surface area contributed by atoms with E-state index in [1.165, 1.54) is 43.3 Å². The molecule has 0 saturated heterocycles. The lowest BCUT2D eigenvalue weighted by Crippen LogP contribution is -2.36. The SMILES string of the molecule is CN(CC(=O)Nc1ccccc1C(F)(F)F)C(=O)CSc1ncnc2ccccc12. The van der Waals surface area contributed by atoms with Gasteiger partial charge < -0.3 is 10.2 Å². The molecule has 0 spiro atoms. The first-order valence-corrected chi connectivity index (χ1v) is 9.77. The van der Waals surface area contributed by atoms with Crippen LogP contribution in [-0.4, -0.2) is 46.0 Å². The van der Waals surface area contributed by atoms with E-state index in [1.54, 1.807) is 0 Å². The number of para-hydroxylation sites is 2. The molecule has 3 aromatic rings. The fraction of sp³-hybridized carbons (Fsp3) is 0.200. The Kier molecular flexibility index (Phi) is 6.56. The summed E-state index contributed by atoms with van der Waals surface area (Å²) in [6.07, 6.45) is -3.19. The fourth-order valence-corrected chi connectivity index (χ4v) is 3.60. The summed E-state index contributed by atoms with van der Waals surface area (Å²) in [7, 11) is 1.41. The molecule has 0 aliphatic carbocycles. The highest BCUT2D eigenvalue weighted by molar-refractivity contribution is 8.00. The van der Waals surface area contributed by atoms with Crippen molar-refractivity contribution in [1.82, 2.24) is 14.9 Å². The van der Waals surface area contributed by atoms with Crippen molar-refractivity contribution < 1.29 is 22.8 Å². The Labute approximate surface area is 174 Å². The number of nitrogens with zero attached hydrogens (tertiary/aromatic N) is 3. The monoisotopic (exact) mass is 434 g/mol. The number of carbonyl (C=O) groups is 2. The predicted molar refractivity (Wildman–Crippen MR) is 108 cm³/mol. The molecule has 0 saturated carbocycles. The second kappa shape index (κ2) is 9.12. The average molecular weight is 434 g/mol. The number of hydrogen-bond donors (Lipinski definition) is 1. The number of anilines is 1. The van der Waals surface area contributed by atoms with Crippen LogP contribution in [0.3, 0.4) is 0 Å². The minimum Gasteiger partial charge on any atom is -0.336 e. The summed E-state index contributed by atoms with van der Waals surface area (Å²) in [6.45, 7) is -0.379. The third kappa shape index (κ3) is 5.26. The maximum atomic E-state index is 13.0. The number of thioether (sulfide) groups is 1. The number of rotatable bonds is 6. The van der Waals surface area contributed by atoms with E-state index in [0.29, 0.717) is 5.03 Å². The molecular weight excluding hydrogens is 417 g/mol. The quantitative estimate of drug-likeness (QED) is 0.471. The van der Waals surface area contributed by atoms with Crippen LogP contribution in [-0.2, 0) is 15.8 Å². The summed E-state index contributed by atoms with van der Waals surface area (Å²) in [5.41, 5.74) is -0.547. The lowest BCUT2D eigenvalue weighted by molar-refractivity contribution is -0.137. The second-order valence-corrected chi connectivity index (χ2v) is 7.29. The molecule has 2 aromatic carbocycles. The highest BCUT2D eigenvalue weighted by Gasteiger charge is 2.33. The van der Waals surface area contributed by atoms with Gasteiger partial charge in [-0.1, -0.05) is 42.1 Å². The Morgan fingerprint density at radius 3 is 2.53 bits per heavy atom. The Morgan fingerprint density at radius 2 is 1.77 bits per heavy atom. The molecule has 0 radical (unpaired) electrons. The number of hydrogen-bond acceptors (Lipinski definition) is 5. The Morgan fingerprint density at radius 1 is 1.07 bits per heavy atom. The van der Waals surface area contributed by atoms with Gasteiger partial charge in [-0.2, -0.15) is 13.2 Å². The molecule has 6 nitrogen and oxygen atoms in total. The van der Waals surface area contributed by atoms with E-state index < -0.39 is 17.6 Å². The first kappa shape index (κ1) is 21.6. The molecule has 0 atom stereocenters. The summed E-state index contributed by atoms with van der Waals surface area (Å²) in [5, 5.41) is 3.66. The van der Waals surface area contributed by atoms with Crippen molar-refractivity contribution in [3.63, 3.8) is 0 Å². The minimum absolute atomic E-state index is 0.0178. The molecule has 0 aliphatic heterocycles. The Bertz CT molecular complexity index is 1070. The zero-order valence-corrected chi connectivity index (χ0v) is 16.6. The number of halogens is 3. The Balaban J connectivity index is 1.59. The van der Waals surface area contributed by atoms with Crippen molar-refractivity contribution in [3.05, 3.63) is 60.4 Å². The standard InChI is InChI=1S/C20H17F3N4O2S/c1-27(10-17(28)26-16-9-5-3-7-14(16)20(21,22)23)18(29)11-30-19-13-6-2-4-8-15(13)24-12-25-19/h2-9,12H,10-11H2,1H3,(H,26,28). The maximum absolute atomic E-state index is 13.0. The first-order valence-electron chi connectivity index (χ1n) is 8.78. The highest BCUT2D eigenvalue weighted by atomic mass is 32.2. The predicted octanol–water partition coefficient (Wildman–Crippen LogP) is 3.84. The number of likely N-dealkylation sites (N-methyl/N-ethyl adjacent to an activating group) is 1. The minimum atomic E-state index is -4.59. The van der Waals surface area contributed by atoms with Gasteiger partial charge in [0.1, 0.15) is 11.4 Å². The van der Waals surface area contributed by atoms with Crippen molar-refractivity contribution in [3.8, 4) is 0 Å². The van der Waals surface area contributed by atoms with Gasteiger partial charge in [-0.3, -0.25) is 9.59 Å². The summed E-state index contributed by atoms with van der Waals surface area (Å²) in [6, 6.07) is 12.0. The molecule has 0 bridgehead atoms. The van der Waals surface area contributed by atoms with Gasteiger partial charge in [0, 0.05) is 12.4 Å². The molecule has 0 aliphatic rings. The van der Waals surface area contributed by atoms with Gasteiger partial charge >= 0.3 is 6.18 Å². The van der Waals surface area contributed by atoms with Crippen molar-refractivity contribution in [2.45, 2.75) is 11.2 Å². The largest absolute Gasteiger partial charge is 0.418 e. The zero-order chi connectivity index (χ0) is 21.7. The lowest BCUT2D eigenvalue weighted by Gasteiger charge is -2.18. The zero-order valence-electron chi connectivity index (χ0n) is 15.8. The highest BCUT2D eigenvalue weighted by Crippen LogP contribution is 2.34. The van der Waals surface area contributed by atoms with Crippen LogP contribution < -0.4 is 5.32 Å². The molecular formula is C20H17F3N4O2S. The Hall–Kier alpha value is -3.14. The number of fused-ring (bicyclic) bond motifs is 1. The van der Waals surface area contributed by atoms with Gasteiger partial charge in [0.15, 0.2) is 0 Å². The van der Waals surface area contributed by atoms with E-state index in [1.807, 2.05) is 24.3 Å². The molecule has 0 fully saturated rings. The van der Waals surface area contributed by atoms with Crippen LogP contribution in [0, 0.1) is 0 Å². The van der Waals surface area contributed by atoms with E-state index in [9.17, 15) is 22.8 Å². The van der Waals surface area contributed by atoms with Crippen molar-refractivity contribution in [2.75, 3.05) is 24.7 Å². The van der Waals surface area contributed by atoms with Crippen LogP contribution in [0.15, 0.2) is 59.9 Å². The molecule has 2 amide bonds. The van der Waals surface area contributed by atoms with Gasteiger partial charge in [0.25, 0.3) is 0 Å². The smallest absolute Gasteiger partial charge is 0.336 e. The number of aromatic nitrogens is 2. The van der Waals surface area contributed by atoms with Gasteiger partial charge in [-0.25, -0.2) is 9.97 Å². The van der Waals surface area contributed by atoms with E-state index in [4.69, 9.17) is 0 Å². The molecule has 1 heterocycles. The maximum Gasteiger partial charge on any atom is 0.418 e. The molecule has 30 heavy (non-hydrogen) atoms. The molecule has 1 aromatic heterocycles. The third-order valence-electron chi connectivity index (χ3n) is 4.15. The first-order chi connectivity index (χ1) is 14.3. The fourth-order valence-electron chi connectivity index (χ4n) is 2.67. The summed E-state index contributed by atoms with van der Waals surface area (Å²) < 4.78 is 39.1. The van der Waals surface area contributed by atoms with E-state index in [0.717, 1.165) is 21.9 Å². The summed E-state index contributed by atoms with van der Waals surface area (Å²) in [4.78, 5) is 34.0. The van der Waals surface area contributed by atoms with Crippen LogP contribution in [0.1, 0.15) is 5.56 Å². The topological polar surface area (TPSA) is 75.2 Å². The van der Waals surface area contributed by atoms with Crippen LogP contribution in [0.2, 0.25) is 0 Å². The molecule has 156 valence electrons. The van der Waals surface area contributed by atoms with Gasteiger partial charge in [-0.15, -0.1) is 0 Å². The lowest BCUT2D eigenvalue weighted by atomic mass is 10.1. The number of alkyl halides is 3. The van der Waals surface area contributed by atoms with Crippen molar-refractivity contribution in [1.29, 1.82) is 0 Å². The number of benzene rings is 2. The van der Waals surface area contributed by atoms with Gasteiger partial charge in [-0.05, 0) is 18.2 Å². The van der Waals surface area contributed by atoms with Gasteiger partial charge in [0.2, 0.25) is 11.8 Å². The number of amides is 2. The van der Waals surface area contributed by atoms with Crippen molar-refractivity contribution >= 4 is 40.2 Å². The normalized spacial score (nSPS) is 11.3. The second-order valence-electron chi connectivity index (χ2n) is 6.33. The van der Waals surface area contributed by atoms with E-state index >= 15 is 0 Å². The van der Waals surface area contributed by atoms with Gasteiger partial charge in [0.05, 0.1) is 29.1 Å². The summed E-state index contributed by atoms with van der Waals surface area (Å²) >= 11 is 1.20. The third-order valence-corrected chi connectivity index (χ3v) is 5.14. The van der Waals surface area contributed by atoms with Crippen LogP contribution in [0.5, 0.6) is 0 Å². The van der Waals surface area contributed by atoms with Crippen LogP contribution >= 0.6 is 11.8 Å².